The monoisotopic (exact) mass is 250 g/mol. The Morgan fingerprint density at radius 1 is 1.11 bits per heavy atom. The summed E-state index contributed by atoms with van der Waals surface area (Å²) in [5, 5.41) is 13.5. The van der Waals surface area contributed by atoms with E-state index in [1.807, 2.05) is 0 Å². The highest BCUT2D eigenvalue weighted by atomic mass is 16.3. The highest BCUT2D eigenvalue weighted by Gasteiger charge is 2.48. The molecule has 3 heteroatoms. The van der Waals surface area contributed by atoms with Crippen LogP contribution in [0.15, 0.2) is 0 Å². The molecule has 0 radical (unpaired) electrons. The lowest BCUT2D eigenvalue weighted by Gasteiger charge is -2.35. The summed E-state index contributed by atoms with van der Waals surface area (Å²) in [6.45, 7) is 1.68. The van der Waals surface area contributed by atoms with Crippen LogP contribution in [-0.4, -0.2) is 46.8 Å². The fraction of sp³-hybridized carbons (Fsp3) is 1.00. The molecule has 1 saturated heterocycles. The van der Waals surface area contributed by atoms with Crippen LogP contribution in [0, 0.1) is 5.92 Å². The van der Waals surface area contributed by atoms with E-state index in [-0.39, 0.29) is 5.54 Å². The van der Waals surface area contributed by atoms with Crippen LogP contribution in [0.25, 0.3) is 0 Å². The molecule has 0 aromatic rings. The Morgan fingerprint density at radius 2 is 2.00 bits per heavy atom. The van der Waals surface area contributed by atoms with Gasteiger partial charge in [0.15, 0.2) is 0 Å². The third-order valence-electron chi connectivity index (χ3n) is 5.89. The molecule has 1 aliphatic heterocycles. The Morgan fingerprint density at radius 3 is 2.61 bits per heavy atom. The smallest absolute Gasteiger partial charge is 0.0614 e. The fourth-order valence-electron chi connectivity index (χ4n) is 4.77. The van der Waals surface area contributed by atoms with Crippen LogP contribution in [0.1, 0.15) is 51.4 Å². The third-order valence-corrected chi connectivity index (χ3v) is 5.89. The predicted molar refractivity (Wildman–Crippen MR) is 71.4 cm³/mol. The van der Waals surface area contributed by atoms with Gasteiger partial charge in [0, 0.05) is 30.2 Å². The van der Waals surface area contributed by atoms with Crippen molar-refractivity contribution in [2.45, 2.75) is 75.0 Å². The molecule has 4 atom stereocenters. The molecule has 2 N–H and O–H groups in total. The molecule has 0 aromatic heterocycles. The SMILES string of the molecule is OCC1(NC2CC2)CCC(N2CC3CCC2C3)C1. The largest absolute Gasteiger partial charge is 0.394 e. The molecule has 0 spiro atoms. The Balaban J connectivity index is 1.42. The van der Waals surface area contributed by atoms with Crippen LogP contribution in [0.5, 0.6) is 0 Å². The number of rotatable bonds is 4. The number of likely N-dealkylation sites (tertiary alicyclic amines) is 1. The van der Waals surface area contributed by atoms with Crippen molar-refractivity contribution >= 4 is 0 Å². The molecule has 3 nitrogen and oxygen atoms in total. The first-order valence-electron chi connectivity index (χ1n) is 7.92. The van der Waals surface area contributed by atoms with E-state index >= 15 is 0 Å². The van der Waals surface area contributed by atoms with E-state index in [2.05, 4.69) is 10.2 Å². The third kappa shape index (κ3) is 1.91. The summed E-state index contributed by atoms with van der Waals surface area (Å²) in [5.41, 5.74) is 0.0632. The van der Waals surface area contributed by atoms with Crippen LogP contribution in [-0.2, 0) is 0 Å². The van der Waals surface area contributed by atoms with Crippen molar-refractivity contribution < 1.29 is 5.11 Å². The molecular weight excluding hydrogens is 224 g/mol. The van der Waals surface area contributed by atoms with Crippen LogP contribution in [0.3, 0.4) is 0 Å². The average molecular weight is 250 g/mol. The molecule has 2 bridgehead atoms. The number of piperidine rings is 1. The van der Waals surface area contributed by atoms with Crippen molar-refractivity contribution in [1.82, 2.24) is 10.2 Å². The minimum atomic E-state index is 0.0632. The molecule has 18 heavy (non-hydrogen) atoms. The maximum absolute atomic E-state index is 9.80. The van der Waals surface area contributed by atoms with E-state index in [0.29, 0.717) is 12.6 Å². The summed E-state index contributed by atoms with van der Waals surface area (Å²) in [4.78, 5) is 2.79. The van der Waals surface area contributed by atoms with Crippen LogP contribution >= 0.6 is 0 Å². The van der Waals surface area contributed by atoms with Gasteiger partial charge in [-0.1, -0.05) is 0 Å². The van der Waals surface area contributed by atoms with Gasteiger partial charge in [-0.25, -0.2) is 0 Å². The quantitative estimate of drug-likeness (QED) is 0.794. The van der Waals surface area contributed by atoms with Crippen molar-refractivity contribution in [2.75, 3.05) is 13.2 Å². The van der Waals surface area contributed by atoms with Crippen molar-refractivity contribution in [3.63, 3.8) is 0 Å². The maximum Gasteiger partial charge on any atom is 0.0614 e. The predicted octanol–water partition coefficient (Wildman–Crippen LogP) is 1.51. The first-order valence-corrected chi connectivity index (χ1v) is 7.92. The zero-order chi connectivity index (χ0) is 12.2. The number of fused-ring (bicyclic) bond motifs is 2. The topological polar surface area (TPSA) is 35.5 Å². The van der Waals surface area contributed by atoms with Gasteiger partial charge in [0.25, 0.3) is 0 Å². The minimum absolute atomic E-state index is 0.0632. The highest BCUT2D eigenvalue weighted by molar-refractivity contribution is 5.06. The number of aliphatic hydroxyl groups is 1. The number of hydrogen-bond acceptors (Lipinski definition) is 3. The zero-order valence-corrected chi connectivity index (χ0v) is 11.3. The maximum atomic E-state index is 9.80. The summed E-state index contributed by atoms with van der Waals surface area (Å²) in [5.74, 6) is 0.996. The molecule has 0 amide bonds. The van der Waals surface area contributed by atoms with E-state index < -0.39 is 0 Å². The summed E-state index contributed by atoms with van der Waals surface area (Å²) < 4.78 is 0. The Hall–Kier alpha value is -0.120. The lowest BCUT2D eigenvalue weighted by atomic mass is 9.97. The molecule has 3 saturated carbocycles. The summed E-state index contributed by atoms with van der Waals surface area (Å²) in [6.07, 6.45) is 10.7. The van der Waals surface area contributed by atoms with Crippen molar-refractivity contribution in [3.05, 3.63) is 0 Å². The first kappa shape index (κ1) is 11.7. The minimum Gasteiger partial charge on any atom is -0.394 e. The van der Waals surface area contributed by atoms with E-state index in [1.165, 1.54) is 57.9 Å². The van der Waals surface area contributed by atoms with Gasteiger partial charge in [-0.3, -0.25) is 4.90 Å². The van der Waals surface area contributed by atoms with E-state index in [9.17, 15) is 5.11 Å². The summed E-state index contributed by atoms with van der Waals surface area (Å²) in [6, 6.07) is 2.35. The average Bonchev–Trinajstić information content (AvgIpc) is 2.84. The highest BCUT2D eigenvalue weighted by Crippen LogP contribution is 2.44. The normalized spacial score (nSPS) is 48.2. The summed E-state index contributed by atoms with van der Waals surface area (Å²) in [7, 11) is 0. The van der Waals surface area contributed by atoms with Gasteiger partial charge in [0.1, 0.15) is 0 Å². The number of hydrogen-bond donors (Lipinski definition) is 2. The molecule has 1 heterocycles. The van der Waals surface area contributed by atoms with Crippen molar-refractivity contribution in [2.24, 2.45) is 5.92 Å². The second-order valence-corrected chi connectivity index (χ2v) is 7.28. The zero-order valence-electron chi connectivity index (χ0n) is 11.3. The molecule has 4 fully saturated rings. The molecule has 0 aromatic carbocycles. The van der Waals surface area contributed by atoms with Crippen molar-refractivity contribution in [1.29, 1.82) is 0 Å². The van der Waals surface area contributed by atoms with Crippen LogP contribution < -0.4 is 5.32 Å². The van der Waals surface area contributed by atoms with Gasteiger partial charge in [0.2, 0.25) is 0 Å². The molecule has 3 aliphatic carbocycles. The second kappa shape index (κ2) is 4.19. The summed E-state index contributed by atoms with van der Waals surface area (Å²) >= 11 is 0. The molecule has 102 valence electrons. The molecule has 4 rings (SSSR count). The van der Waals surface area contributed by atoms with E-state index in [0.717, 1.165) is 18.0 Å². The number of nitrogens with one attached hydrogen (secondary N) is 1. The van der Waals surface area contributed by atoms with Gasteiger partial charge in [-0.15, -0.1) is 0 Å². The van der Waals surface area contributed by atoms with Gasteiger partial charge < -0.3 is 10.4 Å². The number of nitrogens with zero attached hydrogens (tertiary/aromatic N) is 1. The lowest BCUT2D eigenvalue weighted by molar-refractivity contribution is 0.122. The molecule has 4 unspecified atom stereocenters. The van der Waals surface area contributed by atoms with E-state index in [1.54, 1.807) is 0 Å². The van der Waals surface area contributed by atoms with Crippen LogP contribution in [0.2, 0.25) is 0 Å². The van der Waals surface area contributed by atoms with Gasteiger partial charge >= 0.3 is 0 Å². The molecular formula is C15H26N2O. The number of aliphatic hydroxyl groups excluding tert-OH is 1. The van der Waals surface area contributed by atoms with E-state index in [4.69, 9.17) is 0 Å². The fourth-order valence-corrected chi connectivity index (χ4v) is 4.77. The second-order valence-electron chi connectivity index (χ2n) is 7.28. The Labute approximate surface area is 110 Å². The Bertz CT molecular complexity index is 330. The van der Waals surface area contributed by atoms with Gasteiger partial charge in [-0.05, 0) is 57.3 Å². The lowest BCUT2D eigenvalue weighted by Crippen LogP contribution is -2.49. The van der Waals surface area contributed by atoms with Gasteiger partial charge in [0.05, 0.1) is 6.61 Å². The van der Waals surface area contributed by atoms with Gasteiger partial charge in [-0.2, -0.15) is 0 Å². The standard InChI is InChI=1S/C15H26N2O/c18-10-15(16-12-2-3-12)6-5-14(8-15)17-9-11-1-4-13(17)7-11/h11-14,16,18H,1-10H2. The molecule has 4 aliphatic rings. The van der Waals surface area contributed by atoms with Crippen LogP contribution in [0.4, 0.5) is 0 Å². The Kier molecular flexibility index (Phi) is 2.72. The first-order chi connectivity index (χ1) is 8.78. The van der Waals surface area contributed by atoms with Crippen molar-refractivity contribution in [3.8, 4) is 0 Å².